The number of thiophene rings is 1. The van der Waals surface area contributed by atoms with Crippen LogP contribution in [-0.2, 0) is 7.05 Å². The van der Waals surface area contributed by atoms with Crippen LogP contribution in [-0.4, -0.2) is 20.5 Å². The monoisotopic (exact) mass is 249 g/mol. The number of rotatable bonds is 3. The number of hydrogen-bond acceptors (Lipinski definition) is 4. The van der Waals surface area contributed by atoms with Gasteiger partial charge in [0.05, 0.1) is 10.6 Å². The van der Waals surface area contributed by atoms with E-state index >= 15 is 0 Å². The Morgan fingerprint density at radius 1 is 1.50 bits per heavy atom. The molecule has 2 heterocycles. The van der Waals surface area contributed by atoms with Gasteiger partial charge in [0.15, 0.2) is 11.0 Å². The van der Waals surface area contributed by atoms with Crippen LogP contribution in [0.2, 0.25) is 0 Å². The Kier molecular flexibility index (Phi) is 3.65. The van der Waals surface area contributed by atoms with E-state index < -0.39 is 0 Å². The summed E-state index contributed by atoms with van der Waals surface area (Å²) in [5.41, 5.74) is 0. The summed E-state index contributed by atoms with van der Waals surface area (Å²) in [6.07, 6.45) is 0. The molecule has 0 aliphatic rings. The second kappa shape index (κ2) is 5.19. The maximum Gasteiger partial charge on any atom is 0.192 e. The fourth-order valence-electron chi connectivity index (χ4n) is 1.23. The van der Waals surface area contributed by atoms with Crippen molar-refractivity contribution < 1.29 is 0 Å². The highest BCUT2D eigenvalue weighted by atomic mass is 32.2. The van der Waals surface area contributed by atoms with Gasteiger partial charge in [-0.1, -0.05) is 23.7 Å². The maximum atomic E-state index is 4.19. The van der Waals surface area contributed by atoms with Crippen LogP contribution in [0.25, 0.3) is 10.7 Å². The topological polar surface area (TPSA) is 30.7 Å². The summed E-state index contributed by atoms with van der Waals surface area (Å²) >= 11 is 3.28. The normalized spacial score (nSPS) is 9.88. The smallest absolute Gasteiger partial charge is 0.192 e. The molecule has 0 amide bonds. The molecule has 0 atom stereocenters. The van der Waals surface area contributed by atoms with Gasteiger partial charge in [0.25, 0.3) is 0 Å². The molecule has 0 N–H and O–H groups in total. The van der Waals surface area contributed by atoms with Gasteiger partial charge in [0.2, 0.25) is 0 Å². The van der Waals surface area contributed by atoms with Crippen LogP contribution in [0.3, 0.4) is 0 Å². The molecule has 0 saturated carbocycles. The highest BCUT2D eigenvalue weighted by Crippen LogP contribution is 2.25. The molecule has 0 saturated heterocycles. The molecular weight excluding hydrogens is 238 g/mol. The number of thioether (sulfide) groups is 1. The van der Waals surface area contributed by atoms with Gasteiger partial charge in [0, 0.05) is 7.05 Å². The fraction of sp³-hybridized carbons (Fsp3) is 0.273. The number of hydrogen-bond donors (Lipinski definition) is 0. The molecule has 2 aromatic rings. The minimum atomic E-state index is 0.757. The van der Waals surface area contributed by atoms with Crippen molar-refractivity contribution in [2.45, 2.75) is 12.1 Å². The van der Waals surface area contributed by atoms with Crippen LogP contribution in [0, 0.1) is 11.8 Å². The molecule has 0 unspecified atom stereocenters. The first-order valence-electron chi connectivity index (χ1n) is 4.78. The van der Waals surface area contributed by atoms with E-state index in [0.717, 1.165) is 21.6 Å². The van der Waals surface area contributed by atoms with Gasteiger partial charge in [-0.05, 0) is 18.4 Å². The van der Waals surface area contributed by atoms with E-state index in [0.29, 0.717) is 0 Å². The molecule has 3 nitrogen and oxygen atoms in total. The van der Waals surface area contributed by atoms with Gasteiger partial charge in [0.1, 0.15) is 0 Å². The van der Waals surface area contributed by atoms with Gasteiger partial charge in [-0.3, -0.25) is 0 Å². The zero-order valence-electron chi connectivity index (χ0n) is 9.10. The van der Waals surface area contributed by atoms with Gasteiger partial charge in [-0.25, -0.2) is 0 Å². The summed E-state index contributed by atoms with van der Waals surface area (Å²) in [6.45, 7) is 1.84. The minimum absolute atomic E-state index is 0.757. The van der Waals surface area contributed by atoms with Crippen LogP contribution < -0.4 is 0 Å². The van der Waals surface area contributed by atoms with Crippen molar-refractivity contribution in [3.8, 4) is 22.5 Å². The highest BCUT2D eigenvalue weighted by molar-refractivity contribution is 7.99. The largest absolute Gasteiger partial charge is 0.304 e. The fourth-order valence-corrected chi connectivity index (χ4v) is 2.70. The predicted octanol–water partition coefficient (Wildman–Crippen LogP) is 2.66. The Labute approximate surface area is 103 Å². The lowest BCUT2D eigenvalue weighted by Gasteiger charge is -1.99. The van der Waals surface area contributed by atoms with E-state index in [-0.39, 0.29) is 0 Å². The molecule has 2 rings (SSSR count). The summed E-state index contributed by atoms with van der Waals surface area (Å²) in [5.74, 6) is 7.54. The second-order valence-corrected chi connectivity index (χ2v) is 4.95. The standard InChI is InChI=1S/C11H11N3S2/c1-3-4-7-16-11-13-12-10(14(11)2)9-6-5-8-15-9/h5-6,8H,7H2,1-2H3. The Hall–Kier alpha value is -1.25. The Bertz CT molecular complexity index is 517. The van der Waals surface area contributed by atoms with Crippen molar-refractivity contribution in [3.05, 3.63) is 17.5 Å². The molecule has 0 radical (unpaired) electrons. The molecule has 2 aromatic heterocycles. The molecule has 5 heteroatoms. The Balaban J connectivity index is 2.20. The van der Waals surface area contributed by atoms with Crippen molar-refractivity contribution in [2.75, 3.05) is 5.75 Å². The van der Waals surface area contributed by atoms with Gasteiger partial charge < -0.3 is 4.57 Å². The van der Waals surface area contributed by atoms with Crippen LogP contribution in [0.15, 0.2) is 22.7 Å². The Morgan fingerprint density at radius 2 is 2.38 bits per heavy atom. The van der Waals surface area contributed by atoms with E-state index in [1.54, 1.807) is 23.1 Å². The molecule has 0 spiro atoms. The van der Waals surface area contributed by atoms with Gasteiger partial charge >= 0.3 is 0 Å². The minimum Gasteiger partial charge on any atom is -0.304 e. The zero-order valence-corrected chi connectivity index (χ0v) is 10.7. The molecule has 0 aliphatic heterocycles. The quantitative estimate of drug-likeness (QED) is 0.619. The van der Waals surface area contributed by atoms with E-state index in [2.05, 4.69) is 28.1 Å². The summed E-state index contributed by atoms with van der Waals surface area (Å²) < 4.78 is 2.01. The van der Waals surface area contributed by atoms with Crippen LogP contribution in [0.4, 0.5) is 0 Å². The summed E-state index contributed by atoms with van der Waals surface area (Å²) in [4.78, 5) is 1.14. The lowest BCUT2D eigenvalue weighted by atomic mass is 10.4. The summed E-state index contributed by atoms with van der Waals surface area (Å²) in [6, 6.07) is 4.07. The average Bonchev–Trinajstić information content (AvgIpc) is 2.89. The van der Waals surface area contributed by atoms with Crippen molar-refractivity contribution >= 4 is 23.1 Å². The molecule has 0 aliphatic carbocycles. The SMILES string of the molecule is CC#CCSc1nnc(-c2cccs2)n1C. The second-order valence-electron chi connectivity index (χ2n) is 3.06. The average molecular weight is 249 g/mol. The van der Waals surface area contributed by atoms with Gasteiger partial charge in [-0.15, -0.1) is 27.5 Å². The third-order valence-electron chi connectivity index (χ3n) is 2.03. The third-order valence-corrected chi connectivity index (χ3v) is 3.79. The predicted molar refractivity (Wildman–Crippen MR) is 68.5 cm³/mol. The molecule has 16 heavy (non-hydrogen) atoms. The molecular formula is C11H11N3S2. The zero-order chi connectivity index (χ0) is 11.4. The summed E-state index contributed by atoms with van der Waals surface area (Å²) in [7, 11) is 1.98. The van der Waals surface area contributed by atoms with E-state index in [1.165, 1.54) is 0 Å². The van der Waals surface area contributed by atoms with Crippen molar-refractivity contribution in [3.63, 3.8) is 0 Å². The van der Waals surface area contributed by atoms with Crippen LogP contribution in [0.5, 0.6) is 0 Å². The van der Waals surface area contributed by atoms with E-state index in [9.17, 15) is 0 Å². The van der Waals surface area contributed by atoms with Crippen LogP contribution in [0.1, 0.15) is 6.92 Å². The highest BCUT2D eigenvalue weighted by Gasteiger charge is 2.10. The molecule has 82 valence electrons. The van der Waals surface area contributed by atoms with E-state index in [4.69, 9.17) is 0 Å². The number of nitrogens with zero attached hydrogens (tertiary/aromatic N) is 3. The third kappa shape index (κ3) is 2.29. The van der Waals surface area contributed by atoms with Crippen LogP contribution >= 0.6 is 23.1 Å². The van der Waals surface area contributed by atoms with Gasteiger partial charge in [-0.2, -0.15) is 0 Å². The van der Waals surface area contributed by atoms with Crippen molar-refractivity contribution in [2.24, 2.45) is 7.05 Å². The lowest BCUT2D eigenvalue weighted by molar-refractivity contribution is 0.796. The van der Waals surface area contributed by atoms with E-state index in [1.807, 2.05) is 30.0 Å². The molecule has 0 fully saturated rings. The number of aromatic nitrogens is 3. The van der Waals surface area contributed by atoms with Crippen molar-refractivity contribution in [1.29, 1.82) is 0 Å². The first kappa shape index (κ1) is 11.2. The maximum absolute atomic E-state index is 4.19. The lowest BCUT2D eigenvalue weighted by Crippen LogP contribution is -1.93. The first-order valence-corrected chi connectivity index (χ1v) is 6.65. The summed E-state index contributed by atoms with van der Waals surface area (Å²) in [5, 5.41) is 11.3. The first-order chi connectivity index (χ1) is 7.83. The molecule has 0 bridgehead atoms. The Morgan fingerprint density at radius 3 is 3.06 bits per heavy atom. The van der Waals surface area contributed by atoms with Crippen molar-refractivity contribution in [1.82, 2.24) is 14.8 Å². The molecule has 0 aromatic carbocycles.